The second kappa shape index (κ2) is 5.04. The summed E-state index contributed by atoms with van der Waals surface area (Å²) in [7, 11) is 0. The highest BCUT2D eigenvalue weighted by Gasteiger charge is 2.33. The second-order valence-corrected chi connectivity index (χ2v) is 4.96. The van der Waals surface area contributed by atoms with Gasteiger partial charge in [-0.15, -0.1) is 10.2 Å². The summed E-state index contributed by atoms with van der Waals surface area (Å²) < 4.78 is 38.2. The monoisotopic (exact) mass is 294 g/mol. The highest BCUT2D eigenvalue weighted by molar-refractivity contribution is 8.00. The molecule has 0 bridgehead atoms. The van der Waals surface area contributed by atoms with E-state index in [1.807, 2.05) is 5.43 Å². The lowest BCUT2D eigenvalue weighted by Crippen LogP contribution is -2.15. The Hall–Kier alpha value is -1.46. The second-order valence-electron chi connectivity index (χ2n) is 2.86. The Balaban J connectivity index is 2.35. The molecule has 0 unspecified atom stereocenters. The van der Waals surface area contributed by atoms with Gasteiger partial charge >= 0.3 is 6.18 Å². The van der Waals surface area contributed by atoms with E-state index in [9.17, 15) is 13.2 Å². The summed E-state index contributed by atoms with van der Waals surface area (Å²) in [5, 5.41) is 7.36. The molecule has 0 saturated carbocycles. The largest absolute Gasteiger partial charge is 0.433 e. The van der Waals surface area contributed by atoms with E-state index in [2.05, 4.69) is 20.2 Å². The number of rotatable bonds is 3. The summed E-state index contributed by atoms with van der Waals surface area (Å²) in [5.41, 5.74) is 2.39. The molecule has 0 amide bonds. The molecule has 2 heterocycles. The van der Waals surface area contributed by atoms with Crippen molar-refractivity contribution in [2.75, 3.05) is 5.43 Å². The lowest BCUT2D eigenvalue weighted by Gasteiger charge is -2.08. The molecule has 6 nitrogen and oxygen atoms in total. The molecule has 2 aromatic rings. The predicted octanol–water partition coefficient (Wildman–Crippen LogP) is 1.78. The van der Waals surface area contributed by atoms with Crippen molar-refractivity contribution in [2.45, 2.75) is 15.5 Å². The van der Waals surface area contributed by atoms with Crippen LogP contribution in [0.4, 0.5) is 19.1 Å². The van der Waals surface area contributed by atoms with Crippen LogP contribution >= 0.6 is 23.1 Å². The predicted molar refractivity (Wildman–Crippen MR) is 58.9 cm³/mol. The summed E-state index contributed by atoms with van der Waals surface area (Å²) >= 11 is 2.14. The molecule has 3 N–H and O–H groups in total. The minimum atomic E-state index is -4.56. The average Bonchev–Trinajstić information content (AvgIpc) is 2.80. The molecule has 0 aliphatic heterocycles. The highest BCUT2D eigenvalue weighted by atomic mass is 32.2. The van der Waals surface area contributed by atoms with Gasteiger partial charge < -0.3 is 0 Å². The zero-order valence-electron chi connectivity index (χ0n) is 8.47. The van der Waals surface area contributed by atoms with Crippen LogP contribution in [0.5, 0.6) is 0 Å². The normalized spacial score (nSPS) is 11.6. The van der Waals surface area contributed by atoms with Crippen LogP contribution in [0.1, 0.15) is 5.69 Å². The van der Waals surface area contributed by atoms with Crippen LogP contribution in [0.15, 0.2) is 20.9 Å². The summed E-state index contributed by atoms with van der Waals surface area (Å²) in [6.45, 7) is 0. The van der Waals surface area contributed by atoms with Gasteiger partial charge in [-0.05, 0) is 11.8 Å². The number of nitrogens with two attached hydrogens (primary N) is 1. The molecule has 0 radical (unpaired) electrons. The lowest BCUT2D eigenvalue weighted by molar-refractivity contribution is -0.141. The van der Waals surface area contributed by atoms with E-state index in [1.54, 1.807) is 0 Å². The maximum atomic E-state index is 12.6. The summed E-state index contributed by atoms with van der Waals surface area (Å²) in [5.74, 6) is 4.72. The number of aromatic nitrogens is 4. The minimum absolute atomic E-state index is 0.0852. The zero-order chi connectivity index (χ0) is 13.2. The van der Waals surface area contributed by atoms with E-state index in [-0.39, 0.29) is 11.0 Å². The van der Waals surface area contributed by atoms with E-state index in [4.69, 9.17) is 5.84 Å². The summed E-state index contributed by atoms with van der Waals surface area (Å²) in [6, 6.07) is 0.826. The lowest BCUT2D eigenvalue weighted by atomic mass is 10.4. The van der Waals surface area contributed by atoms with Crippen LogP contribution in [0.3, 0.4) is 0 Å². The smallest absolute Gasteiger partial charge is 0.292 e. The number of anilines is 1. The molecular formula is C7H5F3N6S2. The van der Waals surface area contributed by atoms with E-state index in [0.717, 1.165) is 17.8 Å². The molecule has 0 aromatic carbocycles. The van der Waals surface area contributed by atoms with Gasteiger partial charge in [0.2, 0.25) is 5.95 Å². The zero-order valence-corrected chi connectivity index (χ0v) is 10.1. The molecule has 0 aliphatic carbocycles. The number of hydrogen-bond acceptors (Lipinski definition) is 8. The van der Waals surface area contributed by atoms with Crippen molar-refractivity contribution in [1.82, 2.24) is 20.2 Å². The van der Waals surface area contributed by atoms with Gasteiger partial charge in [-0.1, -0.05) is 11.3 Å². The molecule has 0 saturated heterocycles. The molecule has 18 heavy (non-hydrogen) atoms. The maximum Gasteiger partial charge on any atom is 0.433 e. The third-order valence-corrected chi connectivity index (χ3v) is 3.35. The Kier molecular flexibility index (Phi) is 3.63. The van der Waals surface area contributed by atoms with E-state index >= 15 is 0 Å². The van der Waals surface area contributed by atoms with Crippen molar-refractivity contribution in [2.24, 2.45) is 5.84 Å². The molecule has 2 rings (SSSR count). The molecule has 0 aliphatic rings. The summed E-state index contributed by atoms with van der Waals surface area (Å²) in [6.07, 6.45) is -4.56. The third kappa shape index (κ3) is 3.05. The fraction of sp³-hybridized carbons (Fsp3) is 0.143. The van der Waals surface area contributed by atoms with Crippen molar-refractivity contribution in [3.05, 3.63) is 17.3 Å². The standard InChI is InChI=1S/C7H5F3N6S2/c8-7(9,10)3-1-4(14-5(13-3)15-11)18-6-16-12-2-17-6/h1-2H,11H2,(H,13,14,15). The van der Waals surface area contributed by atoms with Crippen LogP contribution in [-0.2, 0) is 6.18 Å². The van der Waals surface area contributed by atoms with Crippen molar-refractivity contribution < 1.29 is 13.2 Å². The number of halogens is 3. The van der Waals surface area contributed by atoms with Crippen LogP contribution in [0.2, 0.25) is 0 Å². The Morgan fingerprint density at radius 1 is 1.33 bits per heavy atom. The maximum absolute atomic E-state index is 12.6. The van der Waals surface area contributed by atoms with Crippen molar-refractivity contribution in [3.8, 4) is 0 Å². The first-order valence-corrected chi connectivity index (χ1v) is 6.05. The van der Waals surface area contributed by atoms with E-state index < -0.39 is 11.9 Å². The number of hydrogen-bond donors (Lipinski definition) is 2. The molecule has 11 heteroatoms. The number of nitrogens with zero attached hydrogens (tertiary/aromatic N) is 4. The first-order valence-electron chi connectivity index (χ1n) is 4.36. The molecule has 0 atom stereocenters. The van der Waals surface area contributed by atoms with Crippen LogP contribution in [0.25, 0.3) is 0 Å². The van der Waals surface area contributed by atoms with Gasteiger partial charge in [-0.3, -0.25) is 5.43 Å². The molecular weight excluding hydrogens is 289 g/mol. The quantitative estimate of drug-likeness (QED) is 0.506. The van der Waals surface area contributed by atoms with Crippen molar-refractivity contribution in [3.63, 3.8) is 0 Å². The SMILES string of the molecule is NNc1nc(Sc2nncs2)cc(C(F)(F)F)n1. The average molecular weight is 294 g/mol. The fourth-order valence-electron chi connectivity index (χ4n) is 0.984. The first-order chi connectivity index (χ1) is 8.49. The van der Waals surface area contributed by atoms with Gasteiger partial charge in [-0.25, -0.2) is 15.8 Å². The number of nitrogen functional groups attached to an aromatic ring is 1. The van der Waals surface area contributed by atoms with Crippen molar-refractivity contribution >= 4 is 29.0 Å². The number of hydrazine groups is 1. The Labute approximate surface area is 107 Å². The number of alkyl halides is 3. The van der Waals surface area contributed by atoms with Crippen LogP contribution < -0.4 is 11.3 Å². The topological polar surface area (TPSA) is 89.6 Å². The number of nitrogens with one attached hydrogen (secondary N) is 1. The highest BCUT2D eigenvalue weighted by Crippen LogP contribution is 2.33. The fourth-order valence-corrected chi connectivity index (χ4v) is 2.41. The van der Waals surface area contributed by atoms with E-state index in [0.29, 0.717) is 4.34 Å². The van der Waals surface area contributed by atoms with Crippen LogP contribution in [0, 0.1) is 0 Å². The van der Waals surface area contributed by atoms with E-state index in [1.165, 1.54) is 16.8 Å². The molecule has 2 aromatic heterocycles. The van der Waals surface area contributed by atoms with Gasteiger partial charge in [-0.2, -0.15) is 13.2 Å². The first kappa shape index (κ1) is 13.0. The van der Waals surface area contributed by atoms with Gasteiger partial charge in [0.15, 0.2) is 10.0 Å². The Morgan fingerprint density at radius 3 is 2.67 bits per heavy atom. The van der Waals surface area contributed by atoms with Crippen LogP contribution in [-0.4, -0.2) is 20.2 Å². The van der Waals surface area contributed by atoms with Crippen molar-refractivity contribution in [1.29, 1.82) is 0 Å². The van der Waals surface area contributed by atoms with Gasteiger partial charge in [0.1, 0.15) is 10.5 Å². The Bertz CT molecular complexity index is 528. The molecule has 96 valence electrons. The Morgan fingerprint density at radius 2 is 2.11 bits per heavy atom. The van der Waals surface area contributed by atoms with Gasteiger partial charge in [0, 0.05) is 6.07 Å². The summed E-state index contributed by atoms with van der Waals surface area (Å²) in [4.78, 5) is 7.03. The minimum Gasteiger partial charge on any atom is -0.292 e. The molecule has 0 spiro atoms. The molecule has 0 fully saturated rings. The third-order valence-electron chi connectivity index (χ3n) is 1.65. The van der Waals surface area contributed by atoms with Gasteiger partial charge in [0.05, 0.1) is 0 Å². The van der Waals surface area contributed by atoms with Gasteiger partial charge in [0.25, 0.3) is 0 Å².